The van der Waals surface area contributed by atoms with Crippen LogP contribution >= 0.6 is 35.6 Å². The largest absolute Gasteiger partial charge is 0.457 e. The topological polar surface area (TPSA) is 76.6 Å². The van der Waals surface area contributed by atoms with Crippen molar-refractivity contribution in [2.45, 2.75) is 6.54 Å². The Morgan fingerprint density at radius 2 is 1.93 bits per heavy atom. The fourth-order valence-electron chi connectivity index (χ4n) is 2.92. The molecule has 1 aromatic heterocycles. The second-order valence-corrected chi connectivity index (χ2v) is 8.46. The number of furan rings is 1. The van der Waals surface area contributed by atoms with Crippen LogP contribution in [-0.2, 0) is 11.3 Å². The van der Waals surface area contributed by atoms with Gasteiger partial charge in [-0.25, -0.2) is 0 Å². The summed E-state index contributed by atoms with van der Waals surface area (Å²) in [4.78, 5) is 25.1. The quantitative estimate of drug-likeness (QED) is 0.205. The molecule has 0 unspecified atom stereocenters. The number of hydrogen-bond acceptors (Lipinski definition) is 6. The van der Waals surface area contributed by atoms with Gasteiger partial charge in [-0.2, -0.15) is 0 Å². The molecule has 0 aliphatic carbocycles. The Labute approximate surface area is 186 Å². The highest BCUT2D eigenvalue weighted by molar-refractivity contribution is 8.26. The van der Waals surface area contributed by atoms with Crippen molar-refractivity contribution in [1.82, 2.24) is 4.90 Å². The van der Waals surface area contributed by atoms with E-state index in [1.54, 1.807) is 23.1 Å². The third-order valence-corrected chi connectivity index (χ3v) is 6.08. The minimum absolute atomic E-state index is 0.0994. The van der Waals surface area contributed by atoms with Gasteiger partial charge < -0.3 is 4.42 Å². The maximum atomic E-state index is 12.8. The van der Waals surface area contributed by atoms with Crippen molar-refractivity contribution in [1.29, 1.82) is 0 Å². The van der Waals surface area contributed by atoms with Crippen molar-refractivity contribution in [3.63, 3.8) is 0 Å². The van der Waals surface area contributed by atoms with Gasteiger partial charge in [0.05, 0.1) is 21.4 Å². The maximum absolute atomic E-state index is 12.8. The number of rotatable bonds is 5. The molecular formula is C21H13ClN2O4S2. The Balaban J connectivity index is 1.55. The molecule has 30 heavy (non-hydrogen) atoms. The van der Waals surface area contributed by atoms with Gasteiger partial charge in [0.15, 0.2) is 0 Å². The molecule has 1 amide bonds. The van der Waals surface area contributed by atoms with Gasteiger partial charge in [-0.05, 0) is 23.8 Å². The van der Waals surface area contributed by atoms with Crippen LogP contribution in [0.15, 0.2) is 70.0 Å². The van der Waals surface area contributed by atoms with E-state index in [1.165, 1.54) is 30.0 Å². The number of amides is 1. The molecule has 0 N–H and O–H groups in total. The van der Waals surface area contributed by atoms with Crippen LogP contribution < -0.4 is 0 Å². The van der Waals surface area contributed by atoms with Crippen molar-refractivity contribution in [3.8, 4) is 11.3 Å². The molecule has 2 heterocycles. The summed E-state index contributed by atoms with van der Waals surface area (Å²) in [6.07, 6.45) is 1.63. The molecular weight excluding hydrogens is 444 g/mol. The molecule has 3 aromatic rings. The monoisotopic (exact) mass is 456 g/mol. The van der Waals surface area contributed by atoms with Gasteiger partial charge in [0.25, 0.3) is 11.6 Å². The average molecular weight is 457 g/mol. The number of nitrogens with zero attached hydrogens (tertiary/aromatic N) is 2. The number of benzene rings is 2. The van der Waals surface area contributed by atoms with Crippen LogP contribution in [0, 0.1) is 10.1 Å². The summed E-state index contributed by atoms with van der Waals surface area (Å²) in [5.74, 6) is 0.723. The first kappa shape index (κ1) is 20.3. The number of carbonyl (C=O) groups excluding carboxylic acids is 1. The van der Waals surface area contributed by atoms with E-state index in [-0.39, 0.29) is 16.6 Å². The van der Waals surface area contributed by atoms with Gasteiger partial charge in [0.2, 0.25) is 0 Å². The highest BCUT2D eigenvalue weighted by Gasteiger charge is 2.32. The standard InChI is InChI=1S/C21H13ClN2O4S2/c22-17-10-14(24(26)27)6-8-16(17)18-9-7-15(28-18)11-19-20(25)23(21(29)30-19)12-13-4-2-1-3-5-13/h1-11H,12H2/b19-11-. The molecule has 2 aromatic carbocycles. The van der Waals surface area contributed by atoms with Crippen molar-refractivity contribution in [3.05, 3.63) is 92.0 Å². The summed E-state index contributed by atoms with van der Waals surface area (Å²) in [6.45, 7) is 0.407. The smallest absolute Gasteiger partial charge is 0.270 e. The fraction of sp³-hybridized carbons (Fsp3) is 0.0476. The van der Waals surface area contributed by atoms with Crippen molar-refractivity contribution >= 4 is 57.6 Å². The summed E-state index contributed by atoms with van der Waals surface area (Å²) in [7, 11) is 0. The van der Waals surface area contributed by atoms with E-state index >= 15 is 0 Å². The zero-order valence-corrected chi connectivity index (χ0v) is 17.7. The van der Waals surface area contributed by atoms with E-state index in [0.717, 1.165) is 5.56 Å². The number of thioether (sulfide) groups is 1. The average Bonchev–Trinajstić information content (AvgIpc) is 3.29. The van der Waals surface area contributed by atoms with Crippen LogP contribution in [0.25, 0.3) is 17.4 Å². The van der Waals surface area contributed by atoms with Crippen molar-refractivity contribution in [2.24, 2.45) is 0 Å². The lowest BCUT2D eigenvalue weighted by atomic mass is 10.1. The first-order valence-corrected chi connectivity index (χ1v) is 10.4. The molecule has 4 rings (SSSR count). The summed E-state index contributed by atoms with van der Waals surface area (Å²) < 4.78 is 6.28. The molecule has 9 heteroatoms. The van der Waals surface area contributed by atoms with E-state index in [2.05, 4.69) is 0 Å². The second-order valence-electron chi connectivity index (χ2n) is 6.38. The Morgan fingerprint density at radius 1 is 1.17 bits per heavy atom. The third kappa shape index (κ3) is 4.16. The lowest BCUT2D eigenvalue weighted by Crippen LogP contribution is -2.27. The summed E-state index contributed by atoms with van der Waals surface area (Å²) in [5, 5.41) is 11.1. The molecule has 0 bridgehead atoms. The van der Waals surface area contributed by atoms with Crippen LogP contribution in [0.2, 0.25) is 5.02 Å². The Morgan fingerprint density at radius 3 is 2.63 bits per heavy atom. The molecule has 0 spiro atoms. The van der Waals surface area contributed by atoms with Crippen molar-refractivity contribution < 1.29 is 14.1 Å². The summed E-state index contributed by atoms with van der Waals surface area (Å²) in [6, 6.07) is 17.2. The number of non-ortho nitro benzene ring substituents is 1. The van der Waals surface area contributed by atoms with E-state index in [0.29, 0.717) is 32.9 Å². The van der Waals surface area contributed by atoms with E-state index in [1.807, 2.05) is 30.3 Å². The first-order chi connectivity index (χ1) is 14.4. The highest BCUT2D eigenvalue weighted by Crippen LogP contribution is 2.36. The predicted molar refractivity (Wildman–Crippen MR) is 121 cm³/mol. The van der Waals surface area contributed by atoms with Crippen LogP contribution in [0.1, 0.15) is 11.3 Å². The Hall–Kier alpha value is -2.94. The van der Waals surface area contributed by atoms with E-state index in [9.17, 15) is 14.9 Å². The molecule has 0 saturated carbocycles. The highest BCUT2D eigenvalue weighted by atomic mass is 35.5. The zero-order valence-electron chi connectivity index (χ0n) is 15.3. The number of thiocarbonyl (C=S) groups is 1. The van der Waals surface area contributed by atoms with Gasteiger partial charge in [0, 0.05) is 23.8 Å². The molecule has 0 radical (unpaired) electrons. The summed E-state index contributed by atoms with van der Waals surface area (Å²) >= 11 is 12.7. The molecule has 150 valence electrons. The minimum atomic E-state index is -0.513. The van der Waals surface area contributed by atoms with E-state index < -0.39 is 4.92 Å². The Bertz CT molecular complexity index is 1190. The zero-order chi connectivity index (χ0) is 21.3. The fourth-order valence-corrected chi connectivity index (χ4v) is 4.43. The van der Waals surface area contributed by atoms with Gasteiger partial charge in [-0.1, -0.05) is 65.9 Å². The third-order valence-electron chi connectivity index (χ3n) is 4.39. The molecule has 6 nitrogen and oxygen atoms in total. The van der Waals surface area contributed by atoms with Crippen LogP contribution in [0.5, 0.6) is 0 Å². The van der Waals surface area contributed by atoms with Gasteiger partial charge >= 0.3 is 0 Å². The van der Waals surface area contributed by atoms with E-state index in [4.69, 9.17) is 28.2 Å². The molecule has 1 aliphatic rings. The lowest BCUT2D eigenvalue weighted by molar-refractivity contribution is -0.384. The second kappa shape index (κ2) is 8.43. The number of nitro benzene ring substituents is 1. The normalized spacial score (nSPS) is 15.2. The van der Waals surface area contributed by atoms with Crippen LogP contribution in [-0.4, -0.2) is 20.1 Å². The Kier molecular flexibility index (Phi) is 5.72. The maximum Gasteiger partial charge on any atom is 0.270 e. The SMILES string of the molecule is O=C1/C(=C/c2ccc(-c3ccc([N+](=O)[O-])cc3Cl)o2)SC(=S)N1Cc1ccccc1. The van der Waals surface area contributed by atoms with Gasteiger partial charge in [-0.3, -0.25) is 19.8 Å². The first-order valence-electron chi connectivity index (χ1n) is 8.76. The number of hydrogen-bond donors (Lipinski definition) is 0. The molecule has 1 aliphatic heterocycles. The van der Waals surface area contributed by atoms with Gasteiger partial charge in [0.1, 0.15) is 15.8 Å². The lowest BCUT2D eigenvalue weighted by Gasteiger charge is -2.14. The summed E-state index contributed by atoms with van der Waals surface area (Å²) in [5.41, 5.74) is 1.42. The molecule has 1 fully saturated rings. The number of halogens is 1. The molecule has 0 atom stereocenters. The van der Waals surface area contributed by atoms with Gasteiger partial charge in [-0.15, -0.1) is 0 Å². The molecule has 1 saturated heterocycles. The predicted octanol–water partition coefficient (Wildman–Crippen LogP) is 5.91. The number of nitro groups is 1. The van der Waals surface area contributed by atoms with Crippen LogP contribution in [0.3, 0.4) is 0 Å². The number of carbonyl (C=O) groups is 1. The van der Waals surface area contributed by atoms with Crippen molar-refractivity contribution in [2.75, 3.05) is 0 Å². The van der Waals surface area contributed by atoms with Crippen LogP contribution in [0.4, 0.5) is 5.69 Å². The minimum Gasteiger partial charge on any atom is -0.457 e.